The molecule has 0 saturated heterocycles. The monoisotopic (exact) mass is 896 g/mol. The number of carboxylic acids is 6. The minimum Gasteiger partial charge on any atom is -0.550 e. The smallest absolute Gasteiger partial charge is 0.550 e. The average Bonchev–Trinajstić information content (AvgIpc) is 2.65. The third-order valence-corrected chi connectivity index (χ3v) is 2.28. The van der Waals surface area contributed by atoms with Gasteiger partial charge in [0.05, 0.1) is 11.9 Å². The second kappa shape index (κ2) is 39.7. The molecule has 44 heavy (non-hydrogen) atoms. The van der Waals surface area contributed by atoms with E-state index < -0.39 is 35.8 Å². The van der Waals surface area contributed by atoms with Gasteiger partial charge in [-0.2, -0.15) is 0 Å². The Bertz CT molecular complexity index is 925. The number of carbonyl (C=O) groups is 6. The van der Waals surface area contributed by atoms with Crippen molar-refractivity contribution in [1.29, 1.82) is 0 Å². The molecule has 244 valence electrons. The quantitative estimate of drug-likeness (QED) is 0.203. The van der Waals surface area contributed by atoms with Crippen molar-refractivity contribution in [3.8, 4) is 23.0 Å². The Morgan fingerprint density at radius 2 is 0.523 bits per heavy atom. The van der Waals surface area contributed by atoms with Gasteiger partial charge in [0.15, 0.2) is 0 Å². The van der Waals surface area contributed by atoms with Crippen LogP contribution in [0.25, 0.3) is 0 Å². The maximum absolute atomic E-state index is 10.2. The molecule has 0 aromatic heterocycles. The number of aromatic hydroxyl groups is 4. The zero-order valence-electron chi connectivity index (χ0n) is 23.6. The largest absolute Gasteiger partial charge is 3.00 e. The number of phenols is 4. The summed E-state index contributed by atoms with van der Waals surface area (Å²) < 4.78 is 0. The summed E-state index contributed by atoms with van der Waals surface area (Å²) in [7, 11) is 0. The number of carboxylic acid groups (broad SMARTS) is 6. The van der Waals surface area contributed by atoms with Crippen LogP contribution < -0.4 is 30.6 Å². The summed E-state index contributed by atoms with van der Waals surface area (Å²) in [5, 5.41) is 91.1. The molecule has 2 aromatic rings. The predicted molar refractivity (Wildman–Crippen MR) is 130 cm³/mol. The number of aliphatic carboxylic acids is 4. The van der Waals surface area contributed by atoms with Crippen LogP contribution in [0.2, 0.25) is 0 Å². The van der Waals surface area contributed by atoms with Crippen LogP contribution >= 0.6 is 0 Å². The van der Waals surface area contributed by atoms with Crippen molar-refractivity contribution in [3.63, 3.8) is 0 Å². The van der Waals surface area contributed by atoms with Crippen LogP contribution in [0.4, 0.5) is 0 Å². The number of rotatable bonds is 2. The van der Waals surface area contributed by atoms with Crippen LogP contribution in [-0.2, 0) is 41.1 Å². The molecule has 0 aliphatic carbocycles. The first kappa shape index (κ1) is 68.1. The molecule has 0 bridgehead atoms. The normalized spacial score (nSPS) is 7.00. The van der Waals surface area contributed by atoms with Gasteiger partial charge in [0.1, 0.15) is 23.0 Å². The van der Waals surface area contributed by atoms with Crippen molar-refractivity contribution in [2.45, 2.75) is 27.7 Å². The molecule has 0 amide bonds. The molecular weight excluding hydrogens is 862 g/mol. The fourth-order valence-electron chi connectivity index (χ4n) is 1.43. The number of hydrogen-bond donors (Lipinski definition) is 4. The molecule has 0 fully saturated rings. The topological polar surface area (TPSA) is 454 Å². The molecule has 0 spiro atoms. The minimum atomic E-state index is -1.43. The molecule has 0 radical (unpaired) electrons. The van der Waals surface area contributed by atoms with Crippen LogP contribution in [0.1, 0.15) is 48.4 Å². The molecule has 20 nitrogen and oxygen atoms in total. The van der Waals surface area contributed by atoms with Gasteiger partial charge in [0, 0.05) is 47.1 Å². The number of carbonyl (C=O) groups excluding carboxylic acids is 6. The van der Waals surface area contributed by atoms with E-state index in [2.05, 4.69) is 0 Å². The van der Waals surface area contributed by atoms with Gasteiger partial charge in [-0.15, -0.1) is 0 Å². The summed E-state index contributed by atoms with van der Waals surface area (Å²) >= 11 is 0. The first-order valence-corrected chi connectivity index (χ1v) is 9.31. The Morgan fingerprint density at radius 1 is 0.409 bits per heavy atom. The van der Waals surface area contributed by atoms with Gasteiger partial charge < -0.3 is 102 Å². The zero-order chi connectivity index (χ0) is 31.2. The summed E-state index contributed by atoms with van der Waals surface area (Å²) in [4.78, 5) is 55.9. The Balaban J connectivity index is -0.0000000411. The van der Waals surface area contributed by atoms with Crippen molar-refractivity contribution >= 4 is 35.8 Å². The molecule has 0 atom stereocenters. The fourth-order valence-corrected chi connectivity index (χ4v) is 1.43. The van der Waals surface area contributed by atoms with E-state index >= 15 is 0 Å². The molecule has 2 rings (SSSR count). The van der Waals surface area contributed by atoms with Crippen LogP contribution in [0, 0.1) is 71.2 Å². The van der Waals surface area contributed by atoms with Crippen LogP contribution in [-0.4, -0.2) is 56.2 Å². The molecule has 16 N–H and O–H groups in total. The van der Waals surface area contributed by atoms with Gasteiger partial charge in [-0.25, -0.2) is 0 Å². The van der Waals surface area contributed by atoms with Crippen LogP contribution in [0.3, 0.4) is 0 Å². The first-order chi connectivity index (χ1) is 17.1. The molecule has 22 heteroatoms. The minimum absolute atomic E-state index is 0. The molecule has 2 aromatic carbocycles. The Hall–Kier alpha value is -3.31. The number of hydrogen-bond acceptors (Lipinski definition) is 16. The van der Waals surface area contributed by atoms with E-state index in [9.17, 15) is 19.8 Å². The zero-order valence-corrected chi connectivity index (χ0v) is 30.9. The van der Waals surface area contributed by atoms with Gasteiger partial charge in [0.25, 0.3) is 0 Å². The van der Waals surface area contributed by atoms with E-state index in [4.69, 9.17) is 60.0 Å². The van der Waals surface area contributed by atoms with Gasteiger partial charge in [-0.05, 0) is 52.0 Å². The summed E-state index contributed by atoms with van der Waals surface area (Å²) in [6, 6.07) is 6.05. The maximum atomic E-state index is 10.2. The molecular formula is C22H34La2O20+4. The third-order valence-electron chi connectivity index (χ3n) is 2.28. The predicted octanol–water partition coefficient (Wildman–Crippen LogP) is -9.74. The van der Waals surface area contributed by atoms with Gasteiger partial charge in [0.2, 0.25) is 0 Å². The molecule has 0 unspecified atom stereocenters. The van der Waals surface area contributed by atoms with E-state index in [1.54, 1.807) is 0 Å². The van der Waals surface area contributed by atoms with Gasteiger partial charge >= 0.3 is 71.2 Å². The number of aromatic carboxylic acids is 2. The van der Waals surface area contributed by atoms with Crippen molar-refractivity contribution in [3.05, 3.63) is 47.5 Å². The number of benzene rings is 2. The average molecular weight is 896 g/mol. The van der Waals surface area contributed by atoms with Crippen LogP contribution in [0.5, 0.6) is 23.0 Å². The van der Waals surface area contributed by atoms with Crippen LogP contribution in [0.15, 0.2) is 36.4 Å². The van der Waals surface area contributed by atoms with E-state index in [1.165, 1.54) is 0 Å². The van der Waals surface area contributed by atoms with E-state index in [0.717, 1.165) is 64.1 Å². The standard InChI is InChI=1S/2C7H6O4.4C2H4O2.2La.4H2O/c2*8-5-1-4(7(10)11)2-6(9)3-5;4*1-2(3)4;;;;;;/h2*1-3,8-9H,(H,10,11);4*1H3,(H,3,4);;;4*1H2/q;;;;;;2*+3;;;;/p-2. The van der Waals surface area contributed by atoms with Crippen molar-refractivity contribution < 1.29 is 173 Å². The van der Waals surface area contributed by atoms with E-state index in [0.29, 0.717) is 0 Å². The van der Waals surface area contributed by atoms with E-state index in [-0.39, 0.29) is 127 Å². The Morgan fingerprint density at radius 3 is 0.614 bits per heavy atom. The Kier molecular flexibility index (Phi) is 61.4. The molecule has 0 aliphatic rings. The summed E-state index contributed by atoms with van der Waals surface area (Å²) in [6.07, 6.45) is 0. The Labute approximate surface area is 304 Å². The third kappa shape index (κ3) is 66.8. The number of phenolic OH excluding ortho intramolecular Hbond substituents is 4. The van der Waals surface area contributed by atoms with Crippen molar-refractivity contribution in [2.75, 3.05) is 0 Å². The SMILES string of the molecule is CC(=O)[O-].CC(=O)[O-].CC(=O)[O-].CC(=O)[O-].O=C([O-])c1cc(O)cc(O)c1.O=C([O-])c1cc(O)cc(O)c1.[La+3].[La+3].[OH3+].[OH3+].[OH3+].[OH3+]. The van der Waals surface area contributed by atoms with Crippen molar-refractivity contribution in [1.82, 2.24) is 0 Å². The maximum Gasteiger partial charge on any atom is 3.00 e. The summed E-state index contributed by atoms with van der Waals surface area (Å²) in [5.41, 5.74) is -0.495. The summed E-state index contributed by atoms with van der Waals surface area (Å²) in [6.45, 7) is 3.89. The molecule has 0 saturated carbocycles. The molecule has 0 aliphatic heterocycles. The van der Waals surface area contributed by atoms with E-state index in [1.807, 2.05) is 0 Å². The van der Waals surface area contributed by atoms with Gasteiger partial charge in [-0.1, -0.05) is 0 Å². The fraction of sp³-hybridized carbons (Fsp3) is 0.182. The first-order valence-electron chi connectivity index (χ1n) is 9.31. The van der Waals surface area contributed by atoms with Gasteiger partial charge in [-0.3, -0.25) is 0 Å². The second-order valence-corrected chi connectivity index (χ2v) is 6.02. The molecule has 0 heterocycles. The second-order valence-electron chi connectivity index (χ2n) is 6.02. The summed E-state index contributed by atoms with van der Waals surface area (Å²) in [5.74, 6) is -8.41. The van der Waals surface area contributed by atoms with Crippen molar-refractivity contribution in [2.24, 2.45) is 0 Å².